The number of esters is 1. The zero-order chi connectivity index (χ0) is 23.1. The lowest BCUT2D eigenvalue weighted by molar-refractivity contribution is -0.113. The van der Waals surface area contributed by atoms with Crippen LogP contribution in [0.15, 0.2) is 35.5 Å². The first-order valence-electron chi connectivity index (χ1n) is 9.93. The molecule has 0 spiro atoms. The minimum absolute atomic E-state index is 0.0474. The number of aromatic nitrogens is 3. The maximum Gasteiger partial charge on any atom is 0.341 e. The van der Waals surface area contributed by atoms with Crippen LogP contribution in [-0.4, -0.2) is 45.3 Å². The van der Waals surface area contributed by atoms with Crippen molar-refractivity contribution >= 4 is 51.6 Å². The van der Waals surface area contributed by atoms with E-state index in [1.807, 2.05) is 25.1 Å². The minimum Gasteiger partial charge on any atom is -0.462 e. The molecule has 0 bridgehead atoms. The molecule has 0 aliphatic carbocycles. The van der Waals surface area contributed by atoms with Crippen LogP contribution in [0, 0.1) is 6.92 Å². The lowest BCUT2D eigenvalue weighted by Gasteiger charge is -2.06. The van der Waals surface area contributed by atoms with Crippen LogP contribution >= 0.6 is 23.1 Å². The Labute approximate surface area is 193 Å². The first kappa shape index (κ1) is 23.5. The summed E-state index contributed by atoms with van der Waals surface area (Å²) < 4.78 is 5.14. The minimum atomic E-state index is -0.593. The van der Waals surface area contributed by atoms with Gasteiger partial charge in [-0.25, -0.2) is 9.78 Å². The van der Waals surface area contributed by atoms with Crippen LogP contribution in [0.4, 0.5) is 10.7 Å². The second-order valence-electron chi connectivity index (χ2n) is 6.56. The lowest BCUT2D eigenvalue weighted by atomic mass is 10.1. The highest BCUT2D eigenvalue weighted by molar-refractivity contribution is 7.99. The molecule has 2 heterocycles. The van der Waals surface area contributed by atoms with Crippen molar-refractivity contribution in [2.45, 2.75) is 32.3 Å². The molecule has 0 atom stereocenters. The summed E-state index contributed by atoms with van der Waals surface area (Å²) >= 11 is 2.21. The Balaban J connectivity index is 1.78. The number of benzene rings is 1. The summed E-state index contributed by atoms with van der Waals surface area (Å²) in [6.45, 7) is 5.47. The number of thiophene rings is 1. The highest BCUT2D eigenvalue weighted by atomic mass is 32.2. The number of carbonyl (C=O) groups is 3. The summed E-state index contributed by atoms with van der Waals surface area (Å²) in [7, 11) is 0. The predicted molar refractivity (Wildman–Crippen MR) is 125 cm³/mol. The van der Waals surface area contributed by atoms with Gasteiger partial charge in [0.1, 0.15) is 10.8 Å². The zero-order valence-corrected chi connectivity index (χ0v) is 19.5. The predicted octanol–water partition coefficient (Wildman–Crippen LogP) is 3.90. The number of thioether (sulfide) groups is 1. The Bertz CT molecular complexity index is 1110. The molecule has 0 saturated carbocycles. The number of hydrogen-bond acceptors (Lipinski definition) is 8. The Morgan fingerprint density at radius 2 is 1.91 bits per heavy atom. The van der Waals surface area contributed by atoms with Crippen molar-refractivity contribution in [3.05, 3.63) is 52.2 Å². The molecule has 3 rings (SSSR count). The second-order valence-corrected chi connectivity index (χ2v) is 8.52. The number of H-pyrrole nitrogens is 1. The van der Waals surface area contributed by atoms with Gasteiger partial charge in [0.2, 0.25) is 11.1 Å². The number of hydrogen-bond donors (Lipinski definition) is 3. The van der Waals surface area contributed by atoms with Crippen LogP contribution in [0.5, 0.6) is 0 Å². The standard InChI is InChI=1S/C21H23N5O4S2/c1-4-14-23-21(26-25-14)31-11-15(27)24-19-16(20(29)30-5-2)12(3)17(32-19)18(28)22-13-9-7-6-8-10-13/h6-10H,4-5,11H2,1-3H3,(H,22,28)(H,24,27)(H,23,25,26). The van der Waals surface area contributed by atoms with E-state index in [0.717, 1.165) is 17.2 Å². The second kappa shape index (κ2) is 10.9. The SMILES string of the molecule is CCOC(=O)c1c(NC(=O)CSc2n[nH]c(CC)n2)sc(C(=O)Nc2ccccc2)c1C. The van der Waals surface area contributed by atoms with Gasteiger partial charge in [0, 0.05) is 12.1 Å². The number of aromatic amines is 1. The fourth-order valence-electron chi connectivity index (χ4n) is 2.77. The number of para-hydroxylation sites is 1. The largest absolute Gasteiger partial charge is 0.462 e. The third-order valence-corrected chi connectivity index (χ3v) is 6.35. The highest BCUT2D eigenvalue weighted by Gasteiger charge is 2.26. The third-order valence-electron chi connectivity index (χ3n) is 4.30. The number of aryl methyl sites for hydroxylation is 1. The van der Waals surface area contributed by atoms with Crippen molar-refractivity contribution in [1.82, 2.24) is 15.2 Å². The van der Waals surface area contributed by atoms with E-state index >= 15 is 0 Å². The van der Waals surface area contributed by atoms with Crippen molar-refractivity contribution in [3.8, 4) is 0 Å². The summed E-state index contributed by atoms with van der Waals surface area (Å²) in [6.07, 6.45) is 0.713. The molecule has 32 heavy (non-hydrogen) atoms. The molecule has 0 fully saturated rings. The number of amides is 2. The van der Waals surface area contributed by atoms with E-state index in [1.165, 1.54) is 11.8 Å². The molecule has 11 heteroatoms. The van der Waals surface area contributed by atoms with Gasteiger partial charge in [-0.2, -0.15) is 0 Å². The molecular weight excluding hydrogens is 450 g/mol. The van der Waals surface area contributed by atoms with Gasteiger partial charge in [-0.1, -0.05) is 36.9 Å². The van der Waals surface area contributed by atoms with Crippen LogP contribution < -0.4 is 10.6 Å². The maximum absolute atomic E-state index is 12.8. The van der Waals surface area contributed by atoms with Crippen molar-refractivity contribution in [2.75, 3.05) is 23.0 Å². The van der Waals surface area contributed by atoms with Gasteiger partial charge < -0.3 is 15.4 Å². The van der Waals surface area contributed by atoms with Crippen LogP contribution in [0.2, 0.25) is 0 Å². The topological polar surface area (TPSA) is 126 Å². The fourth-order valence-corrected chi connectivity index (χ4v) is 4.49. The first-order valence-corrected chi connectivity index (χ1v) is 11.7. The van der Waals surface area contributed by atoms with Crippen molar-refractivity contribution in [3.63, 3.8) is 0 Å². The summed E-state index contributed by atoms with van der Waals surface area (Å²) in [5.41, 5.74) is 1.26. The average molecular weight is 474 g/mol. The number of ether oxygens (including phenoxy) is 1. The molecule has 0 unspecified atom stereocenters. The average Bonchev–Trinajstić information content (AvgIpc) is 3.37. The van der Waals surface area contributed by atoms with Gasteiger partial charge in [-0.15, -0.1) is 16.4 Å². The summed E-state index contributed by atoms with van der Waals surface area (Å²) in [4.78, 5) is 42.5. The molecule has 3 aromatic rings. The quantitative estimate of drug-likeness (QED) is 0.318. The molecule has 0 radical (unpaired) electrons. The lowest BCUT2D eigenvalue weighted by Crippen LogP contribution is -2.16. The zero-order valence-electron chi connectivity index (χ0n) is 17.9. The van der Waals surface area contributed by atoms with Crippen LogP contribution in [0.1, 0.15) is 45.3 Å². The summed E-state index contributed by atoms with van der Waals surface area (Å²) in [6, 6.07) is 8.99. The molecule has 0 aliphatic rings. The van der Waals surface area contributed by atoms with E-state index < -0.39 is 5.97 Å². The number of carbonyl (C=O) groups excluding carboxylic acids is 3. The summed E-state index contributed by atoms with van der Waals surface area (Å²) in [5.74, 6) is -0.525. The third kappa shape index (κ3) is 5.74. The van der Waals surface area contributed by atoms with E-state index in [1.54, 1.807) is 26.0 Å². The monoisotopic (exact) mass is 473 g/mol. The molecule has 168 valence electrons. The van der Waals surface area contributed by atoms with Gasteiger partial charge >= 0.3 is 5.97 Å². The van der Waals surface area contributed by atoms with Gasteiger partial charge in [0.15, 0.2) is 0 Å². The van der Waals surface area contributed by atoms with E-state index in [2.05, 4.69) is 25.8 Å². The number of rotatable bonds is 9. The van der Waals surface area contributed by atoms with Crippen molar-refractivity contribution in [2.24, 2.45) is 0 Å². The first-order chi connectivity index (χ1) is 15.4. The molecule has 9 nitrogen and oxygen atoms in total. The Morgan fingerprint density at radius 3 is 2.56 bits per heavy atom. The Morgan fingerprint density at radius 1 is 1.16 bits per heavy atom. The van der Waals surface area contributed by atoms with E-state index in [4.69, 9.17) is 4.74 Å². The van der Waals surface area contributed by atoms with Gasteiger partial charge in [0.25, 0.3) is 5.91 Å². The number of nitrogens with zero attached hydrogens (tertiary/aromatic N) is 2. The van der Waals surface area contributed by atoms with Gasteiger partial charge in [-0.05, 0) is 31.5 Å². The molecule has 3 N–H and O–H groups in total. The summed E-state index contributed by atoms with van der Waals surface area (Å²) in [5, 5.41) is 13.1. The fraction of sp³-hybridized carbons (Fsp3) is 0.286. The normalized spacial score (nSPS) is 10.6. The number of anilines is 2. The molecular formula is C21H23N5O4S2. The van der Waals surface area contributed by atoms with Crippen molar-refractivity contribution < 1.29 is 19.1 Å². The van der Waals surface area contributed by atoms with E-state index in [-0.39, 0.29) is 34.7 Å². The molecule has 0 aliphatic heterocycles. The molecule has 1 aromatic carbocycles. The van der Waals surface area contributed by atoms with E-state index in [0.29, 0.717) is 27.7 Å². The van der Waals surface area contributed by atoms with Gasteiger partial charge in [0.05, 0.1) is 22.8 Å². The number of nitrogens with one attached hydrogen (secondary N) is 3. The van der Waals surface area contributed by atoms with Gasteiger partial charge in [-0.3, -0.25) is 14.7 Å². The van der Waals surface area contributed by atoms with Crippen LogP contribution in [-0.2, 0) is 16.0 Å². The maximum atomic E-state index is 12.8. The highest BCUT2D eigenvalue weighted by Crippen LogP contribution is 2.34. The molecule has 2 amide bonds. The van der Waals surface area contributed by atoms with E-state index in [9.17, 15) is 14.4 Å². The Hall–Kier alpha value is -3.18. The van der Waals surface area contributed by atoms with Crippen LogP contribution in [0.3, 0.4) is 0 Å². The smallest absolute Gasteiger partial charge is 0.341 e. The Kier molecular flexibility index (Phi) is 8.01. The molecule has 0 saturated heterocycles. The van der Waals surface area contributed by atoms with Crippen molar-refractivity contribution in [1.29, 1.82) is 0 Å². The van der Waals surface area contributed by atoms with Crippen LogP contribution in [0.25, 0.3) is 0 Å². The molecule has 2 aromatic heterocycles.